The third kappa shape index (κ3) is 2.89. The standard InChI is InChI=1S/C23H36N2O4/c1-21-10-7-16(24-28-3)13-15(21)5-6-17-18(21)8-11-22(2)19(17)9-12-23(22,27)20(14-26)25-29-4/h13,17-19,26-27H,5-12,14H2,1-4H3/b24-16+,25-20-/t17-,18+,19+,21+,22+,23+/m1/s1. The average molecular weight is 405 g/mol. The Hall–Kier alpha value is -1.40. The third-order valence-corrected chi connectivity index (χ3v) is 9.17. The number of rotatable bonds is 4. The topological polar surface area (TPSA) is 83.6 Å². The monoisotopic (exact) mass is 404 g/mol. The summed E-state index contributed by atoms with van der Waals surface area (Å²) in [4.78, 5) is 9.98. The highest BCUT2D eigenvalue weighted by atomic mass is 16.6. The number of fused-ring (bicyclic) bond motifs is 5. The summed E-state index contributed by atoms with van der Waals surface area (Å²) in [7, 11) is 3.09. The quantitative estimate of drug-likeness (QED) is 0.553. The number of oxime groups is 2. The molecule has 4 aliphatic rings. The van der Waals surface area contributed by atoms with Gasteiger partial charge in [-0.25, -0.2) is 0 Å². The molecule has 0 aromatic carbocycles. The van der Waals surface area contributed by atoms with Crippen molar-refractivity contribution in [2.24, 2.45) is 38.9 Å². The van der Waals surface area contributed by atoms with Crippen LogP contribution >= 0.6 is 0 Å². The first kappa shape index (κ1) is 20.9. The van der Waals surface area contributed by atoms with Crippen molar-refractivity contribution in [3.05, 3.63) is 11.6 Å². The van der Waals surface area contributed by atoms with Crippen molar-refractivity contribution >= 4 is 11.4 Å². The Bertz CT molecular complexity index is 747. The molecule has 6 nitrogen and oxygen atoms in total. The Morgan fingerprint density at radius 1 is 1.07 bits per heavy atom. The van der Waals surface area contributed by atoms with Gasteiger partial charge in [0.15, 0.2) is 0 Å². The van der Waals surface area contributed by atoms with Crippen molar-refractivity contribution in [3.63, 3.8) is 0 Å². The highest BCUT2D eigenvalue weighted by molar-refractivity contribution is 5.96. The fraction of sp³-hybridized carbons (Fsp3) is 0.826. The summed E-state index contributed by atoms with van der Waals surface area (Å²) in [5.41, 5.74) is 1.88. The molecular weight excluding hydrogens is 368 g/mol. The zero-order valence-corrected chi connectivity index (χ0v) is 18.3. The van der Waals surface area contributed by atoms with Crippen molar-refractivity contribution in [2.45, 2.75) is 70.8 Å². The minimum absolute atomic E-state index is 0.220. The molecule has 0 aromatic heterocycles. The van der Waals surface area contributed by atoms with Crippen molar-refractivity contribution in [3.8, 4) is 0 Å². The molecule has 4 aliphatic carbocycles. The van der Waals surface area contributed by atoms with Crippen LogP contribution in [-0.2, 0) is 9.68 Å². The first-order valence-electron chi connectivity index (χ1n) is 11.1. The molecule has 0 bridgehead atoms. The van der Waals surface area contributed by atoms with E-state index in [0.717, 1.165) is 44.2 Å². The van der Waals surface area contributed by atoms with Crippen LogP contribution in [0.3, 0.4) is 0 Å². The van der Waals surface area contributed by atoms with E-state index in [1.165, 1.54) is 19.1 Å². The molecule has 4 rings (SSSR count). The predicted octanol–water partition coefficient (Wildman–Crippen LogP) is 3.68. The molecule has 162 valence electrons. The first-order valence-corrected chi connectivity index (χ1v) is 11.1. The summed E-state index contributed by atoms with van der Waals surface area (Å²) in [5.74, 6) is 1.70. The second kappa shape index (κ2) is 7.38. The average Bonchev–Trinajstić information content (AvgIpc) is 2.98. The van der Waals surface area contributed by atoms with Crippen LogP contribution in [0.5, 0.6) is 0 Å². The summed E-state index contributed by atoms with van der Waals surface area (Å²) >= 11 is 0. The molecule has 6 atom stereocenters. The van der Waals surface area contributed by atoms with Crippen LogP contribution in [0, 0.1) is 28.6 Å². The Balaban J connectivity index is 1.65. The van der Waals surface area contributed by atoms with E-state index in [1.54, 1.807) is 7.11 Å². The van der Waals surface area contributed by atoms with E-state index in [1.807, 2.05) is 0 Å². The van der Waals surface area contributed by atoms with Crippen LogP contribution in [-0.4, -0.2) is 48.1 Å². The zero-order valence-electron chi connectivity index (χ0n) is 18.3. The number of aliphatic hydroxyl groups excluding tert-OH is 1. The highest BCUT2D eigenvalue weighted by Crippen LogP contribution is 2.67. The lowest BCUT2D eigenvalue weighted by molar-refractivity contribution is -0.0966. The lowest BCUT2D eigenvalue weighted by Gasteiger charge is -2.59. The Morgan fingerprint density at radius 2 is 1.83 bits per heavy atom. The lowest BCUT2D eigenvalue weighted by atomic mass is 9.46. The minimum Gasteiger partial charge on any atom is -0.399 e. The molecule has 0 amide bonds. The van der Waals surface area contributed by atoms with Gasteiger partial charge in [0.1, 0.15) is 25.5 Å². The van der Waals surface area contributed by atoms with Crippen molar-refractivity contribution < 1.29 is 19.9 Å². The Labute approximate surface area is 174 Å². The number of aliphatic hydroxyl groups is 2. The second-order valence-electron chi connectivity index (χ2n) is 10.0. The van der Waals surface area contributed by atoms with E-state index in [-0.39, 0.29) is 17.4 Å². The predicted molar refractivity (Wildman–Crippen MR) is 113 cm³/mol. The molecular formula is C23H36N2O4. The zero-order chi connectivity index (χ0) is 20.9. The van der Waals surface area contributed by atoms with Crippen LogP contribution in [0.15, 0.2) is 22.0 Å². The number of hydrogen-bond donors (Lipinski definition) is 2. The normalized spacial score (nSPS) is 45.9. The molecule has 0 heterocycles. The van der Waals surface area contributed by atoms with E-state index in [4.69, 9.17) is 9.68 Å². The molecule has 3 saturated carbocycles. The molecule has 2 N–H and O–H groups in total. The van der Waals surface area contributed by atoms with Gasteiger partial charge in [-0.3, -0.25) is 0 Å². The van der Waals surface area contributed by atoms with Gasteiger partial charge in [0.2, 0.25) is 0 Å². The van der Waals surface area contributed by atoms with Gasteiger partial charge in [0, 0.05) is 5.41 Å². The fourth-order valence-corrected chi connectivity index (χ4v) is 7.60. The Morgan fingerprint density at radius 3 is 2.52 bits per heavy atom. The van der Waals surface area contributed by atoms with Crippen LogP contribution in [0.2, 0.25) is 0 Å². The second-order valence-corrected chi connectivity index (χ2v) is 10.0. The minimum atomic E-state index is -1.07. The molecule has 0 radical (unpaired) electrons. The number of allylic oxidation sites excluding steroid dienone is 2. The number of nitrogens with zero attached hydrogens (tertiary/aromatic N) is 2. The molecule has 0 saturated heterocycles. The molecule has 0 aromatic rings. The maximum absolute atomic E-state index is 11.7. The van der Waals surface area contributed by atoms with Crippen molar-refractivity contribution in [2.75, 3.05) is 20.8 Å². The Kier molecular flexibility index (Phi) is 5.31. The van der Waals surface area contributed by atoms with Gasteiger partial charge in [-0.1, -0.05) is 29.7 Å². The van der Waals surface area contributed by atoms with Crippen LogP contribution < -0.4 is 0 Å². The molecule has 0 aliphatic heterocycles. The maximum atomic E-state index is 11.7. The van der Waals surface area contributed by atoms with Crippen LogP contribution in [0.25, 0.3) is 0 Å². The smallest absolute Gasteiger partial charge is 0.115 e. The molecule has 0 unspecified atom stereocenters. The van der Waals surface area contributed by atoms with Crippen molar-refractivity contribution in [1.82, 2.24) is 0 Å². The largest absolute Gasteiger partial charge is 0.399 e. The van der Waals surface area contributed by atoms with Gasteiger partial charge >= 0.3 is 0 Å². The van der Waals surface area contributed by atoms with Gasteiger partial charge in [0.05, 0.1) is 12.3 Å². The summed E-state index contributed by atoms with van der Waals surface area (Å²) in [6.07, 6.45) is 10.4. The molecule has 6 heteroatoms. The van der Waals surface area contributed by atoms with E-state index in [2.05, 4.69) is 30.2 Å². The molecule has 29 heavy (non-hydrogen) atoms. The van der Waals surface area contributed by atoms with Gasteiger partial charge in [0.25, 0.3) is 0 Å². The summed E-state index contributed by atoms with van der Waals surface area (Å²) in [6.45, 7) is 4.42. The van der Waals surface area contributed by atoms with Gasteiger partial charge in [-0.05, 0) is 80.6 Å². The van der Waals surface area contributed by atoms with Crippen LogP contribution in [0.1, 0.15) is 65.2 Å². The molecule has 3 fully saturated rings. The van der Waals surface area contributed by atoms with Gasteiger partial charge in [-0.15, -0.1) is 0 Å². The van der Waals surface area contributed by atoms with E-state index < -0.39 is 5.60 Å². The van der Waals surface area contributed by atoms with Crippen molar-refractivity contribution in [1.29, 1.82) is 0 Å². The van der Waals surface area contributed by atoms with Crippen LogP contribution in [0.4, 0.5) is 0 Å². The van der Waals surface area contributed by atoms with E-state index >= 15 is 0 Å². The fourth-order valence-electron chi connectivity index (χ4n) is 7.60. The SMILES string of the molecule is CO/N=C(/CO)[C@@]1(O)CC[C@H]2[C@@H]3CCC4=C/C(=N/OC)CC[C@]4(C)[C@H]3CC[C@@]21C. The molecule has 0 spiro atoms. The summed E-state index contributed by atoms with van der Waals surface area (Å²) in [5, 5.41) is 29.8. The highest BCUT2D eigenvalue weighted by Gasteiger charge is 2.65. The maximum Gasteiger partial charge on any atom is 0.115 e. The summed E-state index contributed by atoms with van der Waals surface area (Å²) < 4.78 is 0. The van der Waals surface area contributed by atoms with Gasteiger partial charge < -0.3 is 19.9 Å². The third-order valence-electron chi connectivity index (χ3n) is 9.17. The van der Waals surface area contributed by atoms with Gasteiger partial charge in [-0.2, -0.15) is 0 Å². The summed E-state index contributed by atoms with van der Waals surface area (Å²) in [6, 6.07) is 0. The number of hydrogen-bond acceptors (Lipinski definition) is 6. The van der Waals surface area contributed by atoms with E-state index in [9.17, 15) is 10.2 Å². The van der Waals surface area contributed by atoms with E-state index in [0.29, 0.717) is 29.9 Å². The first-order chi connectivity index (χ1) is 13.8. The lowest BCUT2D eigenvalue weighted by Crippen LogP contribution is -2.58.